The van der Waals surface area contributed by atoms with E-state index in [1.807, 2.05) is 20.8 Å². The topological polar surface area (TPSA) is 89.1 Å². The predicted octanol–water partition coefficient (Wildman–Crippen LogP) is 3.47. The Morgan fingerprint density at radius 1 is 1.36 bits per heavy atom. The molecule has 0 amide bonds. The lowest BCUT2D eigenvalue weighted by molar-refractivity contribution is -0.126. The highest BCUT2D eigenvalue weighted by molar-refractivity contribution is 5.95. The number of ether oxygens (including phenoxy) is 1. The molecule has 0 fully saturated rings. The van der Waals surface area contributed by atoms with Gasteiger partial charge in [0.05, 0.1) is 11.0 Å². The van der Waals surface area contributed by atoms with E-state index < -0.39 is 11.2 Å². The highest BCUT2D eigenvalue weighted by Gasteiger charge is 2.24. The molecule has 0 radical (unpaired) electrons. The number of rotatable bonds is 6. The van der Waals surface area contributed by atoms with Crippen molar-refractivity contribution >= 4 is 11.6 Å². The van der Waals surface area contributed by atoms with Crippen LogP contribution in [-0.4, -0.2) is 23.2 Å². The minimum atomic E-state index is -0.583. The molecule has 1 aromatic heterocycles. The van der Waals surface area contributed by atoms with Gasteiger partial charge in [-0.1, -0.05) is 6.07 Å². The van der Waals surface area contributed by atoms with Crippen molar-refractivity contribution in [1.82, 2.24) is 4.98 Å². The molecule has 0 saturated carbocycles. The molecule has 1 aromatic carbocycles. The molecule has 25 heavy (non-hydrogen) atoms. The monoisotopic (exact) mass is 343 g/mol. The van der Waals surface area contributed by atoms with Crippen molar-refractivity contribution in [3.05, 3.63) is 47.4 Å². The van der Waals surface area contributed by atoms with Gasteiger partial charge in [0, 0.05) is 17.8 Å². The maximum atomic E-state index is 14.0. The van der Waals surface area contributed by atoms with Gasteiger partial charge in [-0.2, -0.15) is 0 Å². The second-order valence-electron chi connectivity index (χ2n) is 6.67. The summed E-state index contributed by atoms with van der Waals surface area (Å²) in [6.45, 7) is 7.27. The van der Waals surface area contributed by atoms with Gasteiger partial charge in [0.2, 0.25) is 5.88 Å². The fourth-order valence-corrected chi connectivity index (χ4v) is 2.17. The van der Waals surface area contributed by atoms with E-state index in [4.69, 9.17) is 15.9 Å². The maximum Gasteiger partial charge on any atom is 0.213 e. The largest absolute Gasteiger partial charge is 0.477 e. The Labute approximate surface area is 146 Å². The van der Waals surface area contributed by atoms with Gasteiger partial charge >= 0.3 is 0 Å². The molecule has 0 bridgehead atoms. The number of hydrogen-bond acceptors (Lipinski definition) is 4. The average Bonchev–Trinajstić information content (AvgIpc) is 2.52. The second-order valence-corrected chi connectivity index (χ2v) is 6.67. The SMILES string of the molecule is CC(=O)C(C)(C)COc1cc(C)c(-c2ccc(C(=N)N)c(F)c2)cn1. The van der Waals surface area contributed by atoms with Crippen LogP contribution in [0.2, 0.25) is 0 Å². The molecule has 6 heteroatoms. The number of nitrogens with zero attached hydrogens (tertiary/aromatic N) is 1. The standard InChI is InChI=1S/C19H22FN3O2/c1-11-7-17(25-10-19(3,4)12(2)24)23-9-15(11)13-5-6-14(18(21)22)16(20)8-13/h5-9H,10H2,1-4H3,(H3,21,22). The minimum absolute atomic E-state index is 0.0434. The molecule has 0 saturated heterocycles. The van der Waals surface area contributed by atoms with Crippen LogP contribution in [0.5, 0.6) is 5.88 Å². The highest BCUT2D eigenvalue weighted by Crippen LogP contribution is 2.27. The van der Waals surface area contributed by atoms with E-state index in [0.717, 1.165) is 11.1 Å². The molecular weight excluding hydrogens is 321 g/mol. The van der Waals surface area contributed by atoms with Crippen LogP contribution in [0.4, 0.5) is 4.39 Å². The Bertz CT molecular complexity index is 831. The van der Waals surface area contributed by atoms with Crippen molar-refractivity contribution in [1.29, 1.82) is 5.41 Å². The van der Waals surface area contributed by atoms with Crippen molar-refractivity contribution < 1.29 is 13.9 Å². The number of pyridine rings is 1. The molecule has 2 rings (SSSR count). The molecule has 0 aliphatic carbocycles. The molecule has 3 N–H and O–H groups in total. The second kappa shape index (κ2) is 7.01. The quantitative estimate of drug-likeness (QED) is 0.621. The molecule has 1 heterocycles. The third-order valence-corrected chi connectivity index (χ3v) is 4.19. The number of carbonyl (C=O) groups is 1. The summed E-state index contributed by atoms with van der Waals surface area (Å²) in [5, 5.41) is 7.33. The first-order valence-corrected chi connectivity index (χ1v) is 7.86. The number of aryl methyl sites for hydroxylation is 1. The van der Waals surface area contributed by atoms with Crippen LogP contribution in [0.3, 0.4) is 0 Å². The van der Waals surface area contributed by atoms with Gasteiger partial charge in [-0.05, 0) is 51.0 Å². The molecular formula is C19H22FN3O2. The Morgan fingerprint density at radius 3 is 2.56 bits per heavy atom. The van der Waals surface area contributed by atoms with Crippen molar-refractivity contribution in [2.24, 2.45) is 11.1 Å². The van der Waals surface area contributed by atoms with Crippen LogP contribution in [0.15, 0.2) is 30.5 Å². The highest BCUT2D eigenvalue weighted by atomic mass is 19.1. The first kappa shape index (κ1) is 18.6. The van der Waals surface area contributed by atoms with Crippen molar-refractivity contribution in [3.63, 3.8) is 0 Å². The van der Waals surface area contributed by atoms with Gasteiger partial charge in [0.25, 0.3) is 0 Å². The number of hydrogen-bond donors (Lipinski definition) is 2. The van der Waals surface area contributed by atoms with Crippen LogP contribution < -0.4 is 10.5 Å². The van der Waals surface area contributed by atoms with Crippen molar-refractivity contribution in [2.75, 3.05) is 6.61 Å². The lowest BCUT2D eigenvalue weighted by Crippen LogP contribution is -2.29. The van der Waals surface area contributed by atoms with Crippen molar-refractivity contribution in [2.45, 2.75) is 27.7 Å². The van der Waals surface area contributed by atoms with E-state index in [-0.39, 0.29) is 23.8 Å². The van der Waals surface area contributed by atoms with Crippen LogP contribution >= 0.6 is 0 Å². The van der Waals surface area contributed by atoms with E-state index in [0.29, 0.717) is 11.4 Å². The Hall–Kier alpha value is -2.76. The van der Waals surface area contributed by atoms with Crippen molar-refractivity contribution in [3.8, 4) is 17.0 Å². The summed E-state index contributed by atoms with van der Waals surface area (Å²) in [6, 6.07) is 6.26. The van der Waals surface area contributed by atoms with E-state index in [1.54, 1.807) is 18.3 Å². The molecule has 0 aliphatic heterocycles. The van der Waals surface area contributed by atoms with E-state index >= 15 is 0 Å². The zero-order valence-corrected chi connectivity index (χ0v) is 14.8. The molecule has 0 unspecified atom stereocenters. The summed E-state index contributed by atoms with van der Waals surface area (Å²) < 4.78 is 19.7. The van der Waals surface area contributed by atoms with Gasteiger partial charge < -0.3 is 10.5 Å². The molecule has 0 aliphatic rings. The number of halogens is 1. The summed E-state index contributed by atoms with van der Waals surface area (Å²) in [6.07, 6.45) is 1.60. The maximum absolute atomic E-state index is 14.0. The van der Waals surface area contributed by atoms with E-state index in [9.17, 15) is 9.18 Å². The normalized spacial score (nSPS) is 11.2. The lowest BCUT2D eigenvalue weighted by Gasteiger charge is -2.21. The number of carbonyl (C=O) groups excluding carboxylic acids is 1. The smallest absolute Gasteiger partial charge is 0.213 e. The number of amidine groups is 1. The van der Waals surface area contributed by atoms with Gasteiger partial charge in [0.15, 0.2) is 0 Å². The van der Waals surface area contributed by atoms with Gasteiger partial charge in [-0.25, -0.2) is 9.37 Å². The number of nitrogen functional groups attached to an aromatic ring is 1. The number of nitrogens with two attached hydrogens (primary N) is 1. The number of aromatic nitrogens is 1. The number of ketones is 1. The van der Waals surface area contributed by atoms with Gasteiger partial charge in [-0.15, -0.1) is 0 Å². The minimum Gasteiger partial charge on any atom is -0.477 e. The van der Waals surface area contributed by atoms with Crippen LogP contribution in [0, 0.1) is 23.6 Å². The third-order valence-electron chi connectivity index (χ3n) is 4.19. The summed E-state index contributed by atoms with van der Waals surface area (Å²) in [4.78, 5) is 15.8. The fraction of sp³-hybridized carbons (Fsp3) is 0.316. The molecule has 132 valence electrons. The number of nitrogens with one attached hydrogen (secondary N) is 1. The number of benzene rings is 1. The predicted molar refractivity (Wildman–Crippen MR) is 95.3 cm³/mol. The average molecular weight is 343 g/mol. The molecule has 2 aromatic rings. The molecule has 5 nitrogen and oxygen atoms in total. The first-order valence-electron chi connectivity index (χ1n) is 7.86. The van der Waals surface area contributed by atoms with Crippen LogP contribution in [0.1, 0.15) is 31.9 Å². The zero-order valence-electron chi connectivity index (χ0n) is 14.8. The van der Waals surface area contributed by atoms with E-state index in [1.165, 1.54) is 19.1 Å². The van der Waals surface area contributed by atoms with Gasteiger partial charge in [-0.3, -0.25) is 10.2 Å². The zero-order chi connectivity index (χ0) is 18.8. The summed E-state index contributed by atoms with van der Waals surface area (Å²) in [5.74, 6) is -0.401. The Morgan fingerprint density at radius 2 is 2.04 bits per heavy atom. The number of Topliss-reactive ketones (excluding diaryl/α,β-unsaturated/α-hetero) is 1. The first-order chi connectivity index (χ1) is 11.6. The summed E-state index contributed by atoms with van der Waals surface area (Å²) in [5.41, 5.74) is 7.08. The molecule has 0 atom stereocenters. The summed E-state index contributed by atoms with van der Waals surface area (Å²) in [7, 11) is 0. The Kier molecular flexibility index (Phi) is 5.21. The van der Waals surface area contributed by atoms with Crippen LogP contribution in [0.25, 0.3) is 11.1 Å². The lowest BCUT2D eigenvalue weighted by atomic mass is 9.90. The van der Waals surface area contributed by atoms with E-state index in [2.05, 4.69) is 4.98 Å². The third kappa shape index (κ3) is 4.21. The summed E-state index contributed by atoms with van der Waals surface area (Å²) >= 11 is 0. The fourth-order valence-electron chi connectivity index (χ4n) is 2.17. The van der Waals surface area contributed by atoms with Crippen LogP contribution in [-0.2, 0) is 4.79 Å². The Balaban J connectivity index is 2.24. The molecule has 0 spiro atoms. The van der Waals surface area contributed by atoms with Gasteiger partial charge in [0.1, 0.15) is 24.0 Å².